The summed E-state index contributed by atoms with van der Waals surface area (Å²) >= 11 is 13.4. The summed E-state index contributed by atoms with van der Waals surface area (Å²) in [6.07, 6.45) is 1.93. The molecule has 1 atom stereocenters. The van der Waals surface area contributed by atoms with E-state index in [-0.39, 0.29) is 5.02 Å². The maximum atomic E-state index is 12.0. The van der Waals surface area contributed by atoms with Crippen molar-refractivity contribution in [3.05, 3.63) is 56.7 Å². The van der Waals surface area contributed by atoms with Gasteiger partial charge in [0.25, 0.3) is 5.91 Å². The van der Waals surface area contributed by atoms with E-state index in [4.69, 9.17) is 27.9 Å². The van der Waals surface area contributed by atoms with Crippen molar-refractivity contribution < 1.29 is 14.3 Å². The van der Waals surface area contributed by atoms with Crippen LogP contribution in [0.2, 0.25) is 10.0 Å². The van der Waals surface area contributed by atoms with Crippen molar-refractivity contribution in [3.63, 3.8) is 0 Å². The summed E-state index contributed by atoms with van der Waals surface area (Å²) in [4.78, 5) is 23.7. The van der Waals surface area contributed by atoms with E-state index in [1.54, 1.807) is 24.3 Å². The van der Waals surface area contributed by atoms with Crippen LogP contribution in [-0.2, 0) is 14.3 Å². The maximum Gasteiger partial charge on any atom is 0.331 e. The first-order chi connectivity index (χ1) is 11.0. The number of halogens is 2. The number of carbonyl (C=O) groups is 2. The Kier molecular flexibility index (Phi) is 6.21. The van der Waals surface area contributed by atoms with E-state index >= 15 is 0 Å². The standard InChI is InChI=1S/C16H13Cl2NO3S/c1-10(22-14(20)6-5-11-7-8-23-9-11)16(21)19-13-4-2-3-12(17)15(13)18/h2-10H,1H3,(H,19,21)/b6-5+. The quantitative estimate of drug-likeness (QED) is 0.616. The van der Waals surface area contributed by atoms with Crippen LogP contribution in [0, 0.1) is 0 Å². The Morgan fingerprint density at radius 2 is 2.09 bits per heavy atom. The number of benzene rings is 1. The Labute approximate surface area is 147 Å². The third-order valence-corrected chi connectivity index (χ3v) is 4.35. The van der Waals surface area contributed by atoms with Gasteiger partial charge < -0.3 is 10.1 Å². The highest BCUT2D eigenvalue weighted by Gasteiger charge is 2.18. The van der Waals surface area contributed by atoms with Gasteiger partial charge in [0, 0.05) is 6.08 Å². The highest BCUT2D eigenvalue weighted by molar-refractivity contribution is 7.08. The van der Waals surface area contributed by atoms with Gasteiger partial charge in [0.2, 0.25) is 0 Å². The Hall–Kier alpha value is -1.82. The van der Waals surface area contributed by atoms with Crippen molar-refractivity contribution in [2.75, 3.05) is 5.32 Å². The molecule has 0 spiro atoms. The van der Waals surface area contributed by atoms with Crippen molar-refractivity contribution in [3.8, 4) is 0 Å². The lowest BCUT2D eigenvalue weighted by Gasteiger charge is -2.13. The molecule has 120 valence electrons. The van der Waals surface area contributed by atoms with Gasteiger partial charge in [-0.25, -0.2) is 4.79 Å². The molecular weight excluding hydrogens is 357 g/mol. The number of nitrogens with one attached hydrogen (secondary N) is 1. The van der Waals surface area contributed by atoms with E-state index in [9.17, 15) is 9.59 Å². The number of ether oxygens (including phenoxy) is 1. The van der Waals surface area contributed by atoms with Gasteiger partial charge in [-0.2, -0.15) is 11.3 Å². The molecule has 0 aliphatic heterocycles. The second-order valence-corrected chi connectivity index (χ2v) is 6.12. The fourth-order valence-corrected chi connectivity index (χ4v) is 2.61. The summed E-state index contributed by atoms with van der Waals surface area (Å²) in [5.74, 6) is -1.09. The monoisotopic (exact) mass is 369 g/mol. The van der Waals surface area contributed by atoms with Gasteiger partial charge in [0.15, 0.2) is 6.10 Å². The van der Waals surface area contributed by atoms with Crippen molar-refractivity contribution in [2.45, 2.75) is 13.0 Å². The average Bonchev–Trinajstić information content (AvgIpc) is 3.03. The number of esters is 1. The molecule has 0 fully saturated rings. The molecule has 23 heavy (non-hydrogen) atoms. The van der Waals surface area contributed by atoms with Gasteiger partial charge >= 0.3 is 5.97 Å². The van der Waals surface area contributed by atoms with Gasteiger partial charge in [0.05, 0.1) is 15.7 Å². The van der Waals surface area contributed by atoms with Gasteiger partial charge in [0.1, 0.15) is 0 Å². The molecule has 1 amide bonds. The Bertz CT molecular complexity index is 729. The maximum absolute atomic E-state index is 12.0. The molecule has 1 unspecified atom stereocenters. The van der Waals surface area contributed by atoms with Gasteiger partial charge in [-0.3, -0.25) is 4.79 Å². The summed E-state index contributed by atoms with van der Waals surface area (Å²) in [7, 11) is 0. The van der Waals surface area contributed by atoms with Gasteiger partial charge in [-0.1, -0.05) is 29.3 Å². The Morgan fingerprint density at radius 3 is 2.78 bits per heavy atom. The van der Waals surface area contributed by atoms with E-state index in [1.165, 1.54) is 24.3 Å². The van der Waals surface area contributed by atoms with Crippen LogP contribution in [-0.4, -0.2) is 18.0 Å². The van der Waals surface area contributed by atoms with Crippen molar-refractivity contribution in [1.82, 2.24) is 0 Å². The van der Waals surface area contributed by atoms with Crippen LogP contribution >= 0.6 is 34.5 Å². The molecule has 1 heterocycles. The molecule has 0 saturated heterocycles. The van der Waals surface area contributed by atoms with Crippen LogP contribution in [0.1, 0.15) is 12.5 Å². The molecule has 2 rings (SSSR count). The minimum atomic E-state index is -0.968. The summed E-state index contributed by atoms with van der Waals surface area (Å²) in [6.45, 7) is 1.48. The summed E-state index contributed by atoms with van der Waals surface area (Å²) in [5.41, 5.74) is 1.26. The zero-order chi connectivity index (χ0) is 16.8. The topological polar surface area (TPSA) is 55.4 Å². The zero-order valence-corrected chi connectivity index (χ0v) is 14.4. The van der Waals surface area contributed by atoms with Crippen LogP contribution in [0.25, 0.3) is 6.08 Å². The molecule has 0 aliphatic rings. The zero-order valence-electron chi connectivity index (χ0n) is 12.1. The van der Waals surface area contributed by atoms with E-state index in [0.29, 0.717) is 10.7 Å². The molecular formula is C16H13Cl2NO3S. The van der Waals surface area contributed by atoms with Crippen LogP contribution in [0.4, 0.5) is 5.69 Å². The van der Waals surface area contributed by atoms with Crippen molar-refractivity contribution in [2.24, 2.45) is 0 Å². The number of anilines is 1. The van der Waals surface area contributed by atoms with Crippen LogP contribution in [0.5, 0.6) is 0 Å². The van der Waals surface area contributed by atoms with E-state index in [0.717, 1.165) is 5.56 Å². The van der Waals surface area contributed by atoms with Crippen LogP contribution in [0.3, 0.4) is 0 Å². The van der Waals surface area contributed by atoms with Crippen molar-refractivity contribution in [1.29, 1.82) is 0 Å². The highest BCUT2D eigenvalue weighted by atomic mass is 35.5. The van der Waals surface area contributed by atoms with Gasteiger partial charge in [-0.15, -0.1) is 0 Å². The predicted octanol–water partition coefficient (Wildman–Crippen LogP) is 4.64. The third kappa shape index (κ3) is 5.10. The number of amides is 1. The largest absolute Gasteiger partial charge is 0.449 e. The van der Waals surface area contributed by atoms with E-state index < -0.39 is 18.0 Å². The molecule has 1 N–H and O–H groups in total. The number of thiophene rings is 1. The smallest absolute Gasteiger partial charge is 0.331 e. The molecule has 7 heteroatoms. The first-order valence-electron chi connectivity index (χ1n) is 6.63. The SMILES string of the molecule is CC(OC(=O)/C=C/c1ccsc1)C(=O)Nc1cccc(Cl)c1Cl. The summed E-state index contributed by atoms with van der Waals surface area (Å²) in [6, 6.07) is 6.74. The van der Waals surface area contributed by atoms with E-state index in [1.807, 2.05) is 16.8 Å². The van der Waals surface area contributed by atoms with E-state index in [2.05, 4.69) is 5.32 Å². The molecule has 1 aromatic heterocycles. The first kappa shape index (κ1) is 17.5. The second kappa shape index (κ2) is 8.15. The average molecular weight is 370 g/mol. The Balaban J connectivity index is 1.92. The first-order valence-corrected chi connectivity index (χ1v) is 8.33. The summed E-state index contributed by atoms with van der Waals surface area (Å²) in [5, 5.41) is 6.92. The second-order valence-electron chi connectivity index (χ2n) is 4.56. The summed E-state index contributed by atoms with van der Waals surface area (Å²) < 4.78 is 5.04. The van der Waals surface area contributed by atoms with Crippen molar-refractivity contribution >= 4 is 58.2 Å². The van der Waals surface area contributed by atoms with Gasteiger partial charge in [-0.05, 0) is 47.5 Å². The number of carbonyl (C=O) groups excluding carboxylic acids is 2. The highest BCUT2D eigenvalue weighted by Crippen LogP contribution is 2.29. The van der Waals surface area contributed by atoms with Crippen LogP contribution < -0.4 is 5.32 Å². The molecule has 0 radical (unpaired) electrons. The molecule has 0 aliphatic carbocycles. The Morgan fingerprint density at radius 1 is 1.30 bits per heavy atom. The predicted molar refractivity (Wildman–Crippen MR) is 94.0 cm³/mol. The van der Waals surface area contributed by atoms with Crippen LogP contribution in [0.15, 0.2) is 41.1 Å². The molecule has 4 nitrogen and oxygen atoms in total. The lowest BCUT2D eigenvalue weighted by atomic mass is 10.3. The molecule has 0 bridgehead atoms. The molecule has 1 aromatic carbocycles. The fraction of sp³-hybridized carbons (Fsp3) is 0.125. The number of rotatable bonds is 5. The molecule has 2 aromatic rings. The minimum Gasteiger partial charge on any atom is -0.449 e. The minimum absolute atomic E-state index is 0.235. The normalized spacial score (nSPS) is 12.1. The third-order valence-electron chi connectivity index (χ3n) is 2.83. The number of hydrogen-bond donors (Lipinski definition) is 1. The molecule has 0 saturated carbocycles. The lowest BCUT2D eigenvalue weighted by molar-refractivity contribution is -0.148. The number of hydrogen-bond acceptors (Lipinski definition) is 4. The lowest BCUT2D eigenvalue weighted by Crippen LogP contribution is -2.29. The fourth-order valence-electron chi connectivity index (χ4n) is 1.64.